The van der Waals surface area contributed by atoms with E-state index in [-0.39, 0.29) is 23.6 Å². The summed E-state index contributed by atoms with van der Waals surface area (Å²) in [6.07, 6.45) is 1.80. The van der Waals surface area contributed by atoms with Gasteiger partial charge in [-0.05, 0) is 63.0 Å². The van der Waals surface area contributed by atoms with E-state index in [1.807, 2.05) is 25.1 Å². The maximum Gasteiger partial charge on any atom is 0.192 e. The average Bonchev–Trinajstić information content (AvgIpc) is 3.13. The third-order valence-electron chi connectivity index (χ3n) is 6.26. The standard InChI is InChI=1S/C24H28N2O4/c1-15(23(27)17-8-9-20(29-2)21(14-17)30-3)26-12-10-16(11-13-26)22-18-6-4-5-7-19(18)25-24(22)28/h4-9,14-16,25,28H,10-13H2,1-3H3. The number of carbonyl (C=O) groups excluding carboxylic acids is 1. The van der Waals surface area contributed by atoms with Gasteiger partial charge in [0.25, 0.3) is 0 Å². The summed E-state index contributed by atoms with van der Waals surface area (Å²) in [6.45, 7) is 3.58. The lowest BCUT2D eigenvalue weighted by Gasteiger charge is -2.35. The Hall–Kier alpha value is -2.99. The van der Waals surface area contributed by atoms with Crippen LogP contribution in [0.15, 0.2) is 42.5 Å². The normalized spacial score (nSPS) is 16.5. The van der Waals surface area contributed by atoms with Crippen LogP contribution in [0.2, 0.25) is 0 Å². The van der Waals surface area contributed by atoms with Crippen LogP contribution in [-0.4, -0.2) is 54.1 Å². The summed E-state index contributed by atoms with van der Waals surface area (Å²) in [5.74, 6) is 1.79. The average molecular weight is 408 g/mol. The maximum absolute atomic E-state index is 13.1. The van der Waals surface area contributed by atoms with Crippen molar-refractivity contribution in [1.82, 2.24) is 9.88 Å². The highest BCUT2D eigenvalue weighted by atomic mass is 16.5. The lowest BCUT2D eigenvalue weighted by Crippen LogP contribution is -2.43. The minimum absolute atomic E-state index is 0.0735. The number of H-pyrrole nitrogens is 1. The maximum atomic E-state index is 13.1. The van der Waals surface area contributed by atoms with Gasteiger partial charge >= 0.3 is 0 Å². The molecule has 2 N–H and O–H groups in total. The highest BCUT2D eigenvalue weighted by Crippen LogP contribution is 2.39. The quantitative estimate of drug-likeness (QED) is 0.594. The van der Waals surface area contributed by atoms with Crippen molar-refractivity contribution in [2.24, 2.45) is 0 Å². The summed E-state index contributed by atoms with van der Waals surface area (Å²) in [7, 11) is 3.15. The van der Waals surface area contributed by atoms with Gasteiger partial charge in [0.15, 0.2) is 23.2 Å². The molecule has 0 bridgehead atoms. The van der Waals surface area contributed by atoms with E-state index in [1.165, 1.54) is 0 Å². The van der Waals surface area contributed by atoms with E-state index in [0.717, 1.165) is 42.4 Å². The van der Waals surface area contributed by atoms with E-state index < -0.39 is 0 Å². The number of aromatic hydroxyl groups is 1. The number of nitrogens with one attached hydrogen (secondary N) is 1. The van der Waals surface area contributed by atoms with Crippen LogP contribution in [0.4, 0.5) is 0 Å². The number of ether oxygens (including phenoxy) is 2. The highest BCUT2D eigenvalue weighted by Gasteiger charge is 2.30. The second-order valence-corrected chi connectivity index (χ2v) is 7.85. The molecule has 0 saturated carbocycles. The molecule has 30 heavy (non-hydrogen) atoms. The van der Waals surface area contributed by atoms with Crippen LogP contribution < -0.4 is 9.47 Å². The summed E-state index contributed by atoms with van der Waals surface area (Å²) in [5.41, 5.74) is 2.59. The molecule has 0 aliphatic carbocycles. The van der Waals surface area contributed by atoms with Gasteiger partial charge in [-0.15, -0.1) is 0 Å². The van der Waals surface area contributed by atoms with Crippen LogP contribution in [0.5, 0.6) is 17.4 Å². The number of fused-ring (bicyclic) bond motifs is 1. The molecule has 0 amide bonds. The van der Waals surface area contributed by atoms with Crippen LogP contribution in [0, 0.1) is 0 Å². The van der Waals surface area contributed by atoms with Gasteiger partial charge in [0, 0.05) is 22.0 Å². The van der Waals surface area contributed by atoms with Gasteiger partial charge in [-0.1, -0.05) is 18.2 Å². The number of hydrogen-bond donors (Lipinski definition) is 2. The molecule has 3 aromatic rings. The Morgan fingerprint density at radius 2 is 1.80 bits per heavy atom. The molecule has 1 atom stereocenters. The molecule has 0 spiro atoms. The molecule has 1 aliphatic rings. The molecule has 1 saturated heterocycles. The highest BCUT2D eigenvalue weighted by molar-refractivity contribution is 6.00. The lowest BCUT2D eigenvalue weighted by molar-refractivity contribution is 0.0796. The van der Waals surface area contributed by atoms with Crippen molar-refractivity contribution in [1.29, 1.82) is 0 Å². The predicted octanol–water partition coefficient (Wildman–Crippen LogP) is 4.34. The van der Waals surface area contributed by atoms with E-state index in [2.05, 4.69) is 16.0 Å². The second-order valence-electron chi connectivity index (χ2n) is 7.85. The molecule has 2 aromatic carbocycles. The van der Waals surface area contributed by atoms with E-state index >= 15 is 0 Å². The first-order valence-corrected chi connectivity index (χ1v) is 10.3. The molecule has 1 unspecified atom stereocenters. The van der Waals surface area contributed by atoms with Crippen molar-refractivity contribution in [2.45, 2.75) is 31.7 Å². The smallest absolute Gasteiger partial charge is 0.192 e. The van der Waals surface area contributed by atoms with Crippen LogP contribution in [0.25, 0.3) is 10.9 Å². The van der Waals surface area contributed by atoms with Crippen molar-refractivity contribution >= 4 is 16.7 Å². The monoisotopic (exact) mass is 408 g/mol. The Kier molecular flexibility index (Phi) is 5.68. The number of nitrogens with zero attached hydrogens (tertiary/aromatic N) is 1. The first-order valence-electron chi connectivity index (χ1n) is 10.3. The fourth-order valence-electron chi connectivity index (χ4n) is 4.53. The number of piperidine rings is 1. The number of benzene rings is 2. The minimum Gasteiger partial charge on any atom is -0.494 e. The zero-order chi connectivity index (χ0) is 21.3. The summed E-state index contributed by atoms with van der Waals surface area (Å²) in [6, 6.07) is 13.1. The number of hydrogen-bond acceptors (Lipinski definition) is 5. The number of Topliss-reactive ketones (excluding diaryl/α,β-unsaturated/α-hetero) is 1. The molecule has 6 nitrogen and oxygen atoms in total. The molecule has 1 aliphatic heterocycles. The SMILES string of the molecule is COc1ccc(C(=O)C(C)N2CCC(c3c(O)[nH]c4ccccc34)CC2)cc1OC. The van der Waals surface area contributed by atoms with Gasteiger partial charge in [0.2, 0.25) is 0 Å². The van der Waals surface area contributed by atoms with Gasteiger partial charge in [-0.3, -0.25) is 9.69 Å². The Bertz CT molecular complexity index is 1050. The Labute approximate surface area is 176 Å². The molecule has 1 fully saturated rings. The molecule has 6 heteroatoms. The topological polar surface area (TPSA) is 74.8 Å². The molecule has 2 heterocycles. The molecular formula is C24H28N2O4. The lowest BCUT2D eigenvalue weighted by atomic mass is 9.87. The third kappa shape index (κ3) is 3.63. The number of ketones is 1. The molecule has 4 rings (SSSR count). The van der Waals surface area contributed by atoms with Gasteiger partial charge in [-0.2, -0.15) is 0 Å². The van der Waals surface area contributed by atoms with Crippen LogP contribution in [-0.2, 0) is 0 Å². The van der Waals surface area contributed by atoms with Gasteiger partial charge in [-0.25, -0.2) is 0 Å². The summed E-state index contributed by atoms with van der Waals surface area (Å²) >= 11 is 0. The van der Waals surface area contributed by atoms with E-state index in [9.17, 15) is 9.90 Å². The fourth-order valence-corrected chi connectivity index (χ4v) is 4.53. The van der Waals surface area contributed by atoms with Crippen LogP contribution in [0.3, 0.4) is 0 Å². The second kappa shape index (κ2) is 8.40. The van der Waals surface area contributed by atoms with E-state index in [0.29, 0.717) is 17.1 Å². The zero-order valence-corrected chi connectivity index (χ0v) is 17.6. The predicted molar refractivity (Wildman–Crippen MR) is 117 cm³/mol. The number of aromatic amines is 1. The van der Waals surface area contributed by atoms with Gasteiger partial charge in [0.1, 0.15) is 0 Å². The van der Waals surface area contributed by atoms with Crippen molar-refractivity contribution in [3.05, 3.63) is 53.6 Å². The summed E-state index contributed by atoms with van der Waals surface area (Å²) in [4.78, 5) is 18.4. The van der Waals surface area contributed by atoms with Crippen LogP contribution in [0.1, 0.15) is 41.6 Å². The Morgan fingerprint density at radius 3 is 2.50 bits per heavy atom. The number of likely N-dealkylation sites (tertiary alicyclic amines) is 1. The van der Waals surface area contributed by atoms with Gasteiger partial charge in [0.05, 0.1) is 20.3 Å². The summed E-state index contributed by atoms with van der Waals surface area (Å²) < 4.78 is 10.6. The van der Waals surface area contributed by atoms with Crippen molar-refractivity contribution in [2.75, 3.05) is 27.3 Å². The molecule has 1 aromatic heterocycles. The minimum atomic E-state index is -0.222. The van der Waals surface area contributed by atoms with E-state index in [4.69, 9.17) is 9.47 Å². The Morgan fingerprint density at radius 1 is 1.10 bits per heavy atom. The zero-order valence-electron chi connectivity index (χ0n) is 17.6. The largest absolute Gasteiger partial charge is 0.494 e. The fraction of sp³-hybridized carbons (Fsp3) is 0.375. The molecule has 158 valence electrons. The van der Waals surface area contributed by atoms with E-state index in [1.54, 1.807) is 32.4 Å². The van der Waals surface area contributed by atoms with Gasteiger partial charge < -0.3 is 19.6 Å². The number of carbonyl (C=O) groups is 1. The van der Waals surface area contributed by atoms with Crippen molar-refractivity contribution in [3.63, 3.8) is 0 Å². The molecular weight excluding hydrogens is 380 g/mol. The number of aromatic nitrogens is 1. The third-order valence-corrected chi connectivity index (χ3v) is 6.26. The number of rotatable bonds is 6. The number of methoxy groups -OCH3 is 2. The van der Waals surface area contributed by atoms with Crippen molar-refractivity contribution < 1.29 is 19.4 Å². The van der Waals surface area contributed by atoms with Crippen LogP contribution >= 0.6 is 0 Å². The molecule has 0 radical (unpaired) electrons. The Balaban J connectivity index is 1.46. The first kappa shape index (κ1) is 20.3. The first-order chi connectivity index (χ1) is 14.5. The summed E-state index contributed by atoms with van der Waals surface area (Å²) in [5, 5.41) is 11.5. The van der Waals surface area contributed by atoms with Crippen molar-refractivity contribution in [3.8, 4) is 17.4 Å². The number of para-hydroxylation sites is 1.